The molecule has 0 radical (unpaired) electrons. The predicted molar refractivity (Wildman–Crippen MR) is 115 cm³/mol. The number of rotatable bonds is 4. The van der Waals surface area contributed by atoms with E-state index >= 15 is 0 Å². The van der Waals surface area contributed by atoms with E-state index in [4.69, 9.17) is 0 Å². The summed E-state index contributed by atoms with van der Waals surface area (Å²) in [4.78, 5) is 26.9. The van der Waals surface area contributed by atoms with Crippen molar-refractivity contribution in [3.8, 4) is 0 Å². The van der Waals surface area contributed by atoms with Crippen molar-refractivity contribution in [2.45, 2.75) is 16.6 Å². The number of anilines is 2. The fourth-order valence-corrected chi connectivity index (χ4v) is 5.52. The Morgan fingerprint density at radius 3 is 2.32 bits per heavy atom. The van der Waals surface area contributed by atoms with Crippen molar-refractivity contribution in [2.24, 2.45) is 0 Å². The largest absolute Gasteiger partial charge is 0.325 e. The van der Waals surface area contributed by atoms with E-state index in [2.05, 4.69) is 5.32 Å². The van der Waals surface area contributed by atoms with E-state index < -0.39 is 32.7 Å². The van der Waals surface area contributed by atoms with Crippen molar-refractivity contribution >= 4 is 33.0 Å². The zero-order valence-corrected chi connectivity index (χ0v) is 17.2. The van der Waals surface area contributed by atoms with Crippen LogP contribution in [0.4, 0.5) is 15.8 Å². The normalized spacial score (nSPS) is 17.5. The molecule has 158 valence electrons. The molecular weight excluding hydrogens is 419 g/mol. The van der Waals surface area contributed by atoms with Crippen LogP contribution in [0.25, 0.3) is 0 Å². The Hall–Kier alpha value is -3.52. The number of nitrogens with zero attached hydrogens (tertiary/aromatic N) is 1. The Morgan fingerprint density at radius 2 is 1.61 bits per heavy atom. The third kappa shape index (κ3) is 4.20. The van der Waals surface area contributed by atoms with Gasteiger partial charge in [0.25, 0.3) is 0 Å². The van der Waals surface area contributed by atoms with Gasteiger partial charge in [-0.1, -0.05) is 42.5 Å². The number of hydrogen-bond donors (Lipinski definition) is 1. The Balaban J connectivity index is 1.68. The molecule has 0 aliphatic carbocycles. The summed E-state index contributed by atoms with van der Waals surface area (Å²) in [6, 6.07) is 20.0. The number of carbonyl (C=O) groups is 2. The molecule has 0 spiro atoms. The fraction of sp³-hybridized carbons (Fsp3) is 0.130. The molecule has 1 unspecified atom stereocenters. The highest BCUT2D eigenvalue weighted by atomic mass is 32.2. The summed E-state index contributed by atoms with van der Waals surface area (Å²) in [7, 11) is -3.87. The number of hydrogen-bond acceptors (Lipinski definition) is 4. The average molecular weight is 438 g/mol. The average Bonchev–Trinajstić information content (AvgIpc) is 2.85. The quantitative estimate of drug-likeness (QED) is 0.673. The Bertz CT molecular complexity index is 1230. The molecule has 0 saturated heterocycles. The molecule has 1 N–H and O–H groups in total. The van der Waals surface area contributed by atoms with Gasteiger partial charge in [-0.05, 0) is 42.0 Å². The molecule has 0 fully saturated rings. The molecule has 4 rings (SSSR count). The SMILES string of the molecule is O=C(CN1C(=O)CC(c2ccccc2)S(=O)(=O)c2ccccc21)Nc1ccc(F)cc1. The zero-order chi connectivity index (χ0) is 22.0. The van der Waals surface area contributed by atoms with E-state index in [9.17, 15) is 22.4 Å². The van der Waals surface area contributed by atoms with Crippen LogP contribution in [0.2, 0.25) is 0 Å². The van der Waals surface area contributed by atoms with Gasteiger partial charge in [0.05, 0.1) is 15.8 Å². The van der Waals surface area contributed by atoms with Crippen LogP contribution >= 0.6 is 0 Å². The minimum absolute atomic E-state index is 0.00397. The molecule has 1 aliphatic rings. The maximum Gasteiger partial charge on any atom is 0.244 e. The summed E-state index contributed by atoms with van der Waals surface area (Å²) in [5.41, 5.74) is 1.06. The minimum atomic E-state index is -3.87. The third-order valence-electron chi connectivity index (χ3n) is 5.10. The highest BCUT2D eigenvalue weighted by Gasteiger charge is 2.39. The first kappa shape index (κ1) is 20.7. The van der Waals surface area contributed by atoms with E-state index in [-0.39, 0.29) is 23.5 Å². The first-order valence-electron chi connectivity index (χ1n) is 9.60. The Morgan fingerprint density at radius 1 is 0.968 bits per heavy atom. The number of benzene rings is 3. The monoisotopic (exact) mass is 438 g/mol. The summed E-state index contributed by atoms with van der Waals surface area (Å²) in [5, 5.41) is 1.55. The van der Waals surface area contributed by atoms with Gasteiger partial charge in [-0.2, -0.15) is 0 Å². The van der Waals surface area contributed by atoms with Crippen molar-refractivity contribution in [1.82, 2.24) is 0 Å². The molecule has 6 nitrogen and oxygen atoms in total. The lowest BCUT2D eigenvalue weighted by Gasteiger charge is -2.21. The van der Waals surface area contributed by atoms with Crippen LogP contribution in [0.1, 0.15) is 17.2 Å². The van der Waals surface area contributed by atoms with Gasteiger partial charge in [-0.15, -0.1) is 0 Å². The van der Waals surface area contributed by atoms with E-state index in [1.165, 1.54) is 41.3 Å². The van der Waals surface area contributed by atoms with Crippen LogP contribution in [0.15, 0.2) is 83.8 Å². The number of halogens is 1. The van der Waals surface area contributed by atoms with Crippen molar-refractivity contribution in [3.05, 3.63) is 90.2 Å². The summed E-state index contributed by atoms with van der Waals surface area (Å²) < 4.78 is 39.9. The molecule has 1 aliphatic heterocycles. The van der Waals surface area contributed by atoms with Crippen LogP contribution in [-0.2, 0) is 19.4 Å². The number of sulfone groups is 1. The zero-order valence-electron chi connectivity index (χ0n) is 16.4. The van der Waals surface area contributed by atoms with Gasteiger partial charge in [-0.25, -0.2) is 12.8 Å². The van der Waals surface area contributed by atoms with Crippen LogP contribution in [0, 0.1) is 5.82 Å². The summed E-state index contributed by atoms with van der Waals surface area (Å²) in [6.07, 6.45) is -0.287. The molecule has 0 aromatic heterocycles. The van der Waals surface area contributed by atoms with Crippen LogP contribution < -0.4 is 10.2 Å². The maximum absolute atomic E-state index is 13.4. The topological polar surface area (TPSA) is 83.6 Å². The van der Waals surface area contributed by atoms with Crippen LogP contribution in [0.5, 0.6) is 0 Å². The van der Waals surface area contributed by atoms with Gasteiger partial charge in [0.15, 0.2) is 9.84 Å². The standard InChI is InChI=1S/C23H19FN2O4S/c24-17-10-12-18(13-11-17)25-22(27)15-26-19-8-4-5-9-20(19)31(29,30)21(14-23(26)28)16-6-2-1-3-7-16/h1-13,21H,14-15H2,(H,25,27). The van der Waals surface area contributed by atoms with Gasteiger partial charge >= 0.3 is 0 Å². The number of amides is 2. The molecular formula is C23H19FN2O4S. The van der Waals surface area contributed by atoms with Crippen LogP contribution in [0.3, 0.4) is 0 Å². The van der Waals surface area contributed by atoms with Gasteiger partial charge < -0.3 is 10.2 Å². The highest BCUT2D eigenvalue weighted by Crippen LogP contribution is 2.40. The number of fused-ring (bicyclic) bond motifs is 1. The second kappa shape index (κ2) is 8.31. The molecule has 1 atom stereocenters. The Labute approximate surface area is 179 Å². The lowest BCUT2D eigenvalue weighted by Crippen LogP contribution is -2.38. The first-order chi connectivity index (χ1) is 14.9. The molecule has 8 heteroatoms. The van der Waals surface area contributed by atoms with Crippen molar-refractivity contribution < 1.29 is 22.4 Å². The highest BCUT2D eigenvalue weighted by molar-refractivity contribution is 7.92. The van der Waals surface area contributed by atoms with Crippen molar-refractivity contribution in [1.29, 1.82) is 0 Å². The van der Waals surface area contributed by atoms with Crippen LogP contribution in [-0.4, -0.2) is 26.8 Å². The van der Waals surface area contributed by atoms with E-state index in [1.54, 1.807) is 42.5 Å². The van der Waals surface area contributed by atoms with Gasteiger partial charge in [0.2, 0.25) is 11.8 Å². The van der Waals surface area contributed by atoms with Crippen molar-refractivity contribution in [2.75, 3.05) is 16.8 Å². The van der Waals surface area contributed by atoms with Gasteiger partial charge in [0.1, 0.15) is 12.4 Å². The predicted octanol–water partition coefficient (Wildman–Crippen LogP) is 3.72. The molecule has 31 heavy (non-hydrogen) atoms. The maximum atomic E-state index is 13.4. The lowest BCUT2D eigenvalue weighted by atomic mass is 10.1. The van der Waals surface area contributed by atoms with Crippen molar-refractivity contribution in [3.63, 3.8) is 0 Å². The molecule has 0 saturated carbocycles. The second-order valence-corrected chi connectivity index (χ2v) is 9.25. The fourth-order valence-electron chi connectivity index (χ4n) is 3.60. The molecule has 0 bridgehead atoms. The lowest BCUT2D eigenvalue weighted by molar-refractivity contribution is -0.121. The Kier molecular flexibility index (Phi) is 5.56. The smallest absolute Gasteiger partial charge is 0.244 e. The molecule has 3 aromatic carbocycles. The summed E-state index contributed by atoms with van der Waals surface area (Å²) in [5.74, 6) is -1.44. The van der Waals surface area contributed by atoms with E-state index in [0.29, 0.717) is 11.3 Å². The first-order valence-corrected chi connectivity index (χ1v) is 11.1. The third-order valence-corrected chi connectivity index (χ3v) is 7.25. The summed E-state index contributed by atoms with van der Waals surface area (Å²) >= 11 is 0. The second-order valence-electron chi connectivity index (χ2n) is 7.15. The summed E-state index contributed by atoms with van der Waals surface area (Å²) in [6.45, 7) is -0.371. The molecule has 2 amide bonds. The van der Waals surface area contributed by atoms with E-state index in [0.717, 1.165) is 0 Å². The molecule has 1 heterocycles. The molecule has 3 aromatic rings. The number of nitrogens with one attached hydrogen (secondary N) is 1. The van der Waals surface area contributed by atoms with Gasteiger partial charge in [0, 0.05) is 12.1 Å². The number of carbonyl (C=O) groups excluding carboxylic acids is 2. The van der Waals surface area contributed by atoms with Gasteiger partial charge in [-0.3, -0.25) is 9.59 Å². The number of para-hydroxylation sites is 1. The minimum Gasteiger partial charge on any atom is -0.325 e. The van der Waals surface area contributed by atoms with E-state index in [1.807, 2.05) is 0 Å².